The molecule has 0 radical (unpaired) electrons. The minimum absolute atomic E-state index is 0.124. The van der Waals surface area contributed by atoms with E-state index in [0.29, 0.717) is 9.90 Å². The predicted molar refractivity (Wildman–Crippen MR) is 97.3 cm³/mol. The summed E-state index contributed by atoms with van der Waals surface area (Å²) in [7, 11) is 0. The van der Waals surface area contributed by atoms with Crippen molar-refractivity contribution in [2.24, 2.45) is 0 Å². The topological polar surface area (TPSA) is 67.2 Å². The number of aromatic nitrogens is 2. The van der Waals surface area contributed by atoms with Crippen LogP contribution in [0.1, 0.15) is 29.2 Å². The predicted octanol–water partition coefficient (Wildman–Crippen LogP) is 3.55. The Bertz CT molecular complexity index is 897. The van der Waals surface area contributed by atoms with Crippen LogP contribution < -0.4 is 5.32 Å². The van der Waals surface area contributed by atoms with Gasteiger partial charge in [0.15, 0.2) is 0 Å². The van der Waals surface area contributed by atoms with Crippen LogP contribution in [0.3, 0.4) is 0 Å². The monoisotopic (exact) mass is 363 g/mol. The Hall–Kier alpha value is -1.89. The van der Waals surface area contributed by atoms with Crippen molar-refractivity contribution < 1.29 is 9.90 Å². The molecule has 0 spiro atoms. The molecule has 126 valence electrons. The molecule has 0 bridgehead atoms. The largest absolute Gasteiger partial charge is 0.394 e. The first-order valence-corrected chi connectivity index (χ1v) is 8.69. The smallest absolute Gasteiger partial charge is 0.261 e. The van der Waals surface area contributed by atoms with Crippen LogP contribution in [0.5, 0.6) is 0 Å². The van der Waals surface area contributed by atoms with Gasteiger partial charge in [-0.2, -0.15) is 5.10 Å². The minimum Gasteiger partial charge on any atom is -0.394 e. The highest BCUT2D eigenvalue weighted by molar-refractivity contribution is 7.20. The van der Waals surface area contributed by atoms with Gasteiger partial charge in [-0.3, -0.25) is 4.79 Å². The maximum atomic E-state index is 12.4. The first kappa shape index (κ1) is 17.0. The van der Waals surface area contributed by atoms with Crippen LogP contribution in [-0.4, -0.2) is 32.9 Å². The van der Waals surface area contributed by atoms with Crippen molar-refractivity contribution in [2.75, 3.05) is 6.61 Å². The highest BCUT2D eigenvalue weighted by atomic mass is 35.5. The average molecular weight is 364 g/mol. The SMILES string of the molecule is Cc1nn(-c2ccc(Cl)cc2)c2sc(C(=O)NC(C)(C)CO)cc12. The number of aliphatic hydroxyl groups excluding tert-OH is 1. The van der Waals surface area contributed by atoms with Gasteiger partial charge in [0.05, 0.1) is 28.4 Å². The molecule has 0 atom stereocenters. The van der Waals surface area contributed by atoms with Crippen molar-refractivity contribution in [1.29, 1.82) is 0 Å². The molecule has 0 saturated carbocycles. The molecule has 0 aliphatic carbocycles. The second kappa shape index (κ2) is 6.20. The van der Waals surface area contributed by atoms with Crippen LogP contribution >= 0.6 is 22.9 Å². The highest BCUT2D eigenvalue weighted by Gasteiger charge is 2.23. The minimum atomic E-state index is -0.662. The maximum absolute atomic E-state index is 12.4. The van der Waals surface area contributed by atoms with Crippen molar-refractivity contribution in [3.8, 4) is 5.69 Å². The zero-order valence-corrected chi connectivity index (χ0v) is 15.2. The van der Waals surface area contributed by atoms with E-state index in [4.69, 9.17) is 11.6 Å². The molecule has 0 aliphatic heterocycles. The van der Waals surface area contributed by atoms with Crippen LogP contribution in [0.15, 0.2) is 30.3 Å². The lowest BCUT2D eigenvalue weighted by atomic mass is 10.1. The first-order chi connectivity index (χ1) is 11.3. The van der Waals surface area contributed by atoms with E-state index in [2.05, 4.69) is 10.4 Å². The number of nitrogens with one attached hydrogen (secondary N) is 1. The van der Waals surface area contributed by atoms with Gasteiger partial charge in [-0.15, -0.1) is 11.3 Å². The Morgan fingerprint density at radius 1 is 1.38 bits per heavy atom. The molecule has 1 aromatic carbocycles. The van der Waals surface area contributed by atoms with Crippen LogP contribution in [-0.2, 0) is 0 Å². The molecular weight excluding hydrogens is 346 g/mol. The van der Waals surface area contributed by atoms with Crippen LogP contribution in [0, 0.1) is 6.92 Å². The fraction of sp³-hybridized carbons (Fsp3) is 0.294. The summed E-state index contributed by atoms with van der Waals surface area (Å²) in [4.78, 5) is 13.9. The summed E-state index contributed by atoms with van der Waals surface area (Å²) in [6.07, 6.45) is 0. The zero-order chi connectivity index (χ0) is 17.5. The van der Waals surface area contributed by atoms with Crippen molar-refractivity contribution in [3.63, 3.8) is 0 Å². The number of carbonyl (C=O) groups excluding carboxylic acids is 1. The van der Waals surface area contributed by atoms with E-state index in [9.17, 15) is 9.90 Å². The second-order valence-corrected chi connectivity index (χ2v) is 7.77. The summed E-state index contributed by atoms with van der Waals surface area (Å²) < 4.78 is 1.82. The lowest BCUT2D eigenvalue weighted by molar-refractivity contribution is 0.0873. The van der Waals surface area contributed by atoms with Crippen molar-refractivity contribution in [1.82, 2.24) is 15.1 Å². The fourth-order valence-corrected chi connectivity index (χ4v) is 3.53. The summed E-state index contributed by atoms with van der Waals surface area (Å²) in [5, 5.41) is 18.3. The third kappa shape index (κ3) is 3.17. The zero-order valence-electron chi connectivity index (χ0n) is 13.6. The Morgan fingerprint density at radius 3 is 2.67 bits per heavy atom. The molecule has 24 heavy (non-hydrogen) atoms. The van der Waals surface area contributed by atoms with Gasteiger partial charge in [0.2, 0.25) is 0 Å². The number of hydrogen-bond donors (Lipinski definition) is 2. The summed E-state index contributed by atoms with van der Waals surface area (Å²) in [6.45, 7) is 5.35. The number of rotatable bonds is 4. The average Bonchev–Trinajstić information content (AvgIpc) is 3.09. The van der Waals surface area contributed by atoms with Crippen molar-refractivity contribution in [3.05, 3.63) is 45.9 Å². The molecule has 3 aromatic rings. The molecule has 5 nitrogen and oxygen atoms in total. The van der Waals surface area contributed by atoms with Gasteiger partial charge < -0.3 is 10.4 Å². The number of hydrogen-bond acceptors (Lipinski definition) is 4. The van der Waals surface area contributed by atoms with E-state index in [0.717, 1.165) is 21.6 Å². The molecule has 0 saturated heterocycles. The summed E-state index contributed by atoms with van der Waals surface area (Å²) in [5.74, 6) is -0.197. The molecule has 1 amide bonds. The van der Waals surface area contributed by atoms with Gasteiger partial charge in [-0.25, -0.2) is 4.68 Å². The molecule has 3 rings (SSSR count). The van der Waals surface area contributed by atoms with Gasteiger partial charge in [0, 0.05) is 10.4 Å². The third-order valence-corrected chi connectivity index (χ3v) is 5.05. The summed E-state index contributed by atoms with van der Waals surface area (Å²) >= 11 is 7.32. The van der Waals surface area contributed by atoms with E-state index in [-0.39, 0.29) is 12.5 Å². The second-order valence-electron chi connectivity index (χ2n) is 6.30. The number of nitrogens with zero attached hydrogens (tertiary/aromatic N) is 2. The molecular formula is C17H18ClN3O2S. The van der Waals surface area contributed by atoms with E-state index in [1.54, 1.807) is 13.8 Å². The number of fused-ring (bicyclic) bond motifs is 1. The van der Waals surface area contributed by atoms with E-state index in [1.165, 1.54) is 11.3 Å². The number of aliphatic hydroxyl groups is 1. The molecule has 0 aliphatic rings. The number of benzene rings is 1. The summed E-state index contributed by atoms with van der Waals surface area (Å²) in [5.41, 5.74) is 1.09. The summed E-state index contributed by atoms with van der Waals surface area (Å²) in [6, 6.07) is 9.25. The lowest BCUT2D eigenvalue weighted by Crippen LogP contribution is -2.46. The Kier molecular flexibility index (Phi) is 4.38. The molecule has 2 N–H and O–H groups in total. The standard InChI is InChI=1S/C17H18ClN3O2S/c1-10-13-8-14(15(23)19-17(2,3)9-22)24-16(13)21(20-10)12-6-4-11(18)5-7-12/h4-8,22H,9H2,1-3H3,(H,19,23). The van der Waals surface area contributed by atoms with Crippen molar-refractivity contribution >= 4 is 39.1 Å². The molecule has 7 heteroatoms. The number of carbonyl (C=O) groups is 1. The van der Waals surface area contributed by atoms with E-state index in [1.807, 2.05) is 41.9 Å². The van der Waals surface area contributed by atoms with Gasteiger partial charge >= 0.3 is 0 Å². The lowest BCUT2D eigenvalue weighted by Gasteiger charge is -2.22. The molecule has 2 aromatic heterocycles. The van der Waals surface area contributed by atoms with Crippen LogP contribution in [0.2, 0.25) is 5.02 Å². The Labute approximate surface area is 148 Å². The normalized spacial score (nSPS) is 11.9. The van der Waals surface area contributed by atoms with Crippen LogP contribution in [0.25, 0.3) is 15.9 Å². The maximum Gasteiger partial charge on any atom is 0.261 e. The van der Waals surface area contributed by atoms with E-state index < -0.39 is 5.54 Å². The first-order valence-electron chi connectivity index (χ1n) is 7.49. The van der Waals surface area contributed by atoms with Gasteiger partial charge in [0.1, 0.15) is 4.83 Å². The number of halogens is 1. The number of thiophene rings is 1. The number of amides is 1. The quantitative estimate of drug-likeness (QED) is 0.744. The van der Waals surface area contributed by atoms with Crippen molar-refractivity contribution in [2.45, 2.75) is 26.3 Å². The Morgan fingerprint density at radius 2 is 2.04 bits per heavy atom. The molecule has 0 unspecified atom stereocenters. The fourth-order valence-electron chi connectivity index (χ4n) is 2.32. The Balaban J connectivity index is 2.01. The van der Waals surface area contributed by atoms with E-state index >= 15 is 0 Å². The van der Waals surface area contributed by atoms with Crippen LogP contribution in [0.4, 0.5) is 0 Å². The van der Waals surface area contributed by atoms with Gasteiger partial charge in [-0.1, -0.05) is 11.6 Å². The highest BCUT2D eigenvalue weighted by Crippen LogP contribution is 2.31. The molecule has 2 heterocycles. The molecule has 0 fully saturated rings. The third-order valence-electron chi connectivity index (χ3n) is 3.69. The van der Waals surface area contributed by atoms with Gasteiger partial charge in [-0.05, 0) is 51.1 Å². The van der Waals surface area contributed by atoms with Gasteiger partial charge in [0.25, 0.3) is 5.91 Å². The number of aryl methyl sites for hydroxylation is 1.